The Morgan fingerprint density at radius 3 is 1.89 bits per heavy atom. The molecule has 0 spiro atoms. The minimum absolute atomic E-state index is 0.0302. The van der Waals surface area contributed by atoms with E-state index >= 15 is 0 Å². The second-order valence-corrected chi connectivity index (χ2v) is 10.2. The predicted molar refractivity (Wildman–Crippen MR) is 141 cm³/mol. The molecule has 2 bridgehead atoms. The zero-order chi connectivity index (χ0) is 25.9. The van der Waals surface area contributed by atoms with Gasteiger partial charge in [-0.15, -0.1) is 0 Å². The van der Waals surface area contributed by atoms with E-state index in [9.17, 15) is 19.5 Å². The topological polar surface area (TPSA) is 77.9 Å². The monoisotopic (exact) mass is 496 g/mol. The number of carbonyl (C=O) groups excluding carboxylic acids is 2. The lowest BCUT2D eigenvalue weighted by Crippen LogP contribution is -2.66. The van der Waals surface area contributed by atoms with Crippen LogP contribution >= 0.6 is 0 Å². The summed E-state index contributed by atoms with van der Waals surface area (Å²) in [5, 5.41) is 10.3. The third-order valence-corrected chi connectivity index (χ3v) is 7.76. The summed E-state index contributed by atoms with van der Waals surface area (Å²) in [5.74, 6) is -2.21. The maximum absolute atomic E-state index is 14.1. The molecule has 2 unspecified atom stereocenters. The Morgan fingerprint density at radius 2 is 1.35 bits per heavy atom. The number of fused-ring (bicyclic) bond motifs is 2. The Labute approximate surface area is 217 Å². The highest BCUT2D eigenvalue weighted by molar-refractivity contribution is 5.92. The summed E-state index contributed by atoms with van der Waals surface area (Å²) in [6.07, 6.45) is 1.87. The van der Waals surface area contributed by atoms with Crippen LogP contribution in [-0.4, -0.2) is 57.4 Å². The fourth-order valence-corrected chi connectivity index (χ4v) is 6.06. The maximum Gasteiger partial charge on any atom is 0.328 e. The second-order valence-electron chi connectivity index (χ2n) is 10.2. The molecule has 6 nitrogen and oxygen atoms in total. The van der Waals surface area contributed by atoms with Crippen molar-refractivity contribution >= 4 is 17.8 Å². The molecule has 2 fully saturated rings. The van der Waals surface area contributed by atoms with Crippen molar-refractivity contribution in [1.82, 2.24) is 9.80 Å². The molecule has 4 atom stereocenters. The van der Waals surface area contributed by atoms with Gasteiger partial charge in [-0.25, -0.2) is 4.79 Å². The van der Waals surface area contributed by atoms with E-state index in [1.54, 1.807) is 4.90 Å². The van der Waals surface area contributed by atoms with E-state index in [0.717, 1.165) is 16.7 Å². The number of aliphatic carboxylic acids is 1. The third-order valence-electron chi connectivity index (χ3n) is 7.76. The van der Waals surface area contributed by atoms with Crippen LogP contribution in [0.3, 0.4) is 0 Å². The normalized spacial score (nSPS) is 21.6. The number of carboxylic acids is 1. The summed E-state index contributed by atoms with van der Waals surface area (Å²) in [4.78, 5) is 43.7. The summed E-state index contributed by atoms with van der Waals surface area (Å²) in [7, 11) is 0. The van der Waals surface area contributed by atoms with Gasteiger partial charge < -0.3 is 14.9 Å². The van der Waals surface area contributed by atoms with E-state index in [1.165, 1.54) is 4.90 Å². The van der Waals surface area contributed by atoms with E-state index in [1.807, 2.05) is 97.9 Å². The van der Waals surface area contributed by atoms with Gasteiger partial charge >= 0.3 is 5.97 Å². The summed E-state index contributed by atoms with van der Waals surface area (Å²) in [6, 6.07) is 27.1. The van der Waals surface area contributed by atoms with Crippen LogP contribution in [0, 0.1) is 5.92 Å². The Hall–Kier alpha value is -3.93. The number of hydrogen-bond donors (Lipinski definition) is 1. The minimum atomic E-state index is -1.07. The fraction of sp³-hybridized carbons (Fsp3) is 0.323. The van der Waals surface area contributed by atoms with Crippen molar-refractivity contribution in [3.8, 4) is 0 Å². The van der Waals surface area contributed by atoms with E-state index in [0.29, 0.717) is 19.3 Å². The van der Waals surface area contributed by atoms with Gasteiger partial charge in [0.1, 0.15) is 6.04 Å². The summed E-state index contributed by atoms with van der Waals surface area (Å²) in [6.45, 7) is 2.13. The van der Waals surface area contributed by atoms with Gasteiger partial charge in [0.25, 0.3) is 0 Å². The molecule has 0 saturated carbocycles. The van der Waals surface area contributed by atoms with Crippen LogP contribution in [0.25, 0.3) is 0 Å². The van der Waals surface area contributed by atoms with Gasteiger partial charge in [0.05, 0.1) is 12.0 Å². The summed E-state index contributed by atoms with van der Waals surface area (Å²) < 4.78 is 0. The largest absolute Gasteiger partial charge is 0.480 e. The highest BCUT2D eigenvalue weighted by atomic mass is 16.4. The maximum atomic E-state index is 14.1. The van der Waals surface area contributed by atoms with Crippen molar-refractivity contribution in [2.75, 3.05) is 6.54 Å². The lowest BCUT2D eigenvalue weighted by Gasteiger charge is -2.46. The van der Waals surface area contributed by atoms with Crippen molar-refractivity contribution in [3.63, 3.8) is 0 Å². The van der Waals surface area contributed by atoms with E-state index in [-0.39, 0.29) is 30.3 Å². The Kier molecular flexibility index (Phi) is 7.08. The molecule has 0 aliphatic carbocycles. The average Bonchev–Trinajstić information content (AvgIpc) is 3.22. The van der Waals surface area contributed by atoms with Gasteiger partial charge in [0.15, 0.2) is 0 Å². The van der Waals surface area contributed by atoms with Crippen molar-refractivity contribution in [2.24, 2.45) is 5.92 Å². The highest BCUT2D eigenvalue weighted by Gasteiger charge is 2.53. The molecule has 37 heavy (non-hydrogen) atoms. The lowest BCUT2D eigenvalue weighted by atomic mass is 9.88. The first-order chi connectivity index (χ1) is 18.0. The van der Waals surface area contributed by atoms with Crippen LogP contribution in [0.4, 0.5) is 0 Å². The number of rotatable bonds is 7. The Bertz CT molecular complexity index is 1210. The molecule has 2 amide bonds. The Morgan fingerprint density at radius 1 is 0.811 bits per heavy atom. The molecule has 3 aromatic rings. The van der Waals surface area contributed by atoms with Crippen LogP contribution in [0.2, 0.25) is 0 Å². The smallest absolute Gasteiger partial charge is 0.328 e. The predicted octanol–water partition coefficient (Wildman–Crippen LogP) is 4.35. The molecule has 2 heterocycles. The summed E-state index contributed by atoms with van der Waals surface area (Å²) in [5.41, 5.74) is 2.73. The van der Waals surface area contributed by atoms with Crippen LogP contribution in [0.1, 0.15) is 42.4 Å². The van der Waals surface area contributed by atoms with Gasteiger partial charge in [0.2, 0.25) is 11.8 Å². The van der Waals surface area contributed by atoms with Crippen molar-refractivity contribution in [2.45, 2.75) is 50.2 Å². The number of benzene rings is 3. The molecule has 5 rings (SSSR count). The zero-order valence-corrected chi connectivity index (χ0v) is 20.9. The average molecular weight is 497 g/mol. The SMILES string of the molecule is CC(Cc1ccccc1)C(=O)N1C2CC[C@H]1CN(C(=O)C(c1ccccc1)c1ccccc1)[C@@H]2C(=O)O. The molecule has 190 valence electrons. The molecule has 6 heteroatoms. The number of nitrogens with zero attached hydrogens (tertiary/aromatic N) is 2. The van der Waals surface area contributed by atoms with Gasteiger partial charge in [-0.2, -0.15) is 0 Å². The molecule has 2 aliphatic rings. The quantitative estimate of drug-likeness (QED) is 0.528. The molecule has 2 aliphatic heterocycles. The number of likely N-dealkylation sites (tertiary alicyclic amines) is 1. The standard InChI is InChI=1S/C31H32N2O4/c1-21(19-22-11-5-2-6-12-22)29(34)33-25-17-18-26(33)28(31(36)37)32(20-25)30(35)27(23-13-7-3-8-14-23)24-15-9-4-10-16-24/h2-16,21,25-28H,17-20H2,1H3,(H,36,37)/t21?,25-,26?,28-/m0/s1. The minimum Gasteiger partial charge on any atom is -0.480 e. The van der Waals surface area contributed by atoms with E-state index in [2.05, 4.69) is 0 Å². The van der Waals surface area contributed by atoms with Crippen molar-refractivity contribution in [1.29, 1.82) is 0 Å². The van der Waals surface area contributed by atoms with Crippen LogP contribution < -0.4 is 0 Å². The van der Waals surface area contributed by atoms with Crippen molar-refractivity contribution < 1.29 is 19.5 Å². The molecule has 0 radical (unpaired) electrons. The first-order valence-electron chi connectivity index (χ1n) is 12.9. The molecule has 2 saturated heterocycles. The van der Waals surface area contributed by atoms with E-state index < -0.39 is 24.0 Å². The van der Waals surface area contributed by atoms with Gasteiger partial charge in [-0.1, -0.05) is 97.9 Å². The van der Waals surface area contributed by atoms with Crippen LogP contribution in [0.15, 0.2) is 91.0 Å². The molecular formula is C31H32N2O4. The third kappa shape index (κ3) is 4.88. The second kappa shape index (κ2) is 10.6. The Balaban J connectivity index is 1.43. The molecule has 0 aromatic heterocycles. The van der Waals surface area contributed by atoms with E-state index in [4.69, 9.17) is 0 Å². The van der Waals surface area contributed by atoms with Gasteiger partial charge in [-0.05, 0) is 36.0 Å². The molecule has 1 N–H and O–H groups in total. The first-order valence-corrected chi connectivity index (χ1v) is 12.9. The number of piperazine rings is 1. The molecule has 3 aromatic carbocycles. The van der Waals surface area contributed by atoms with Crippen LogP contribution in [-0.2, 0) is 20.8 Å². The number of amides is 2. The number of carboxylic acid groups (broad SMARTS) is 1. The number of carbonyl (C=O) groups is 3. The van der Waals surface area contributed by atoms with Gasteiger partial charge in [-0.3, -0.25) is 9.59 Å². The molecular weight excluding hydrogens is 464 g/mol. The summed E-state index contributed by atoms with van der Waals surface area (Å²) >= 11 is 0. The first kappa shape index (κ1) is 24.8. The highest BCUT2D eigenvalue weighted by Crippen LogP contribution is 2.38. The fourth-order valence-electron chi connectivity index (χ4n) is 6.06. The zero-order valence-electron chi connectivity index (χ0n) is 20.9. The number of hydrogen-bond acceptors (Lipinski definition) is 3. The van der Waals surface area contributed by atoms with Gasteiger partial charge in [0, 0.05) is 18.5 Å². The van der Waals surface area contributed by atoms with Crippen LogP contribution in [0.5, 0.6) is 0 Å². The lowest BCUT2D eigenvalue weighted by molar-refractivity contribution is -0.162. The van der Waals surface area contributed by atoms with Crippen molar-refractivity contribution in [3.05, 3.63) is 108 Å².